The molecule has 5 heteroatoms. The van der Waals surface area contributed by atoms with Gasteiger partial charge in [-0.2, -0.15) is 0 Å². The van der Waals surface area contributed by atoms with Crippen molar-refractivity contribution in [2.45, 2.75) is 12.8 Å². The predicted octanol–water partition coefficient (Wildman–Crippen LogP) is 4.38. The SMILES string of the molecule is O=C(c1cnc2cc(F)c(Br)cc2c1Cl)C1CC1. The summed E-state index contributed by atoms with van der Waals surface area (Å²) in [6, 6.07) is 2.86. The molecule has 0 amide bonds. The van der Waals surface area contributed by atoms with Gasteiger partial charge in [-0.15, -0.1) is 0 Å². The van der Waals surface area contributed by atoms with E-state index in [4.69, 9.17) is 11.6 Å². The minimum absolute atomic E-state index is 0.0369. The molecule has 0 spiro atoms. The number of rotatable bonds is 2. The number of fused-ring (bicyclic) bond motifs is 1. The van der Waals surface area contributed by atoms with Crippen LogP contribution in [0.1, 0.15) is 23.2 Å². The minimum Gasteiger partial charge on any atom is -0.294 e. The molecule has 0 unspecified atom stereocenters. The van der Waals surface area contributed by atoms with Gasteiger partial charge in [0.15, 0.2) is 5.78 Å². The third kappa shape index (κ3) is 1.93. The molecule has 0 bridgehead atoms. The Labute approximate surface area is 116 Å². The van der Waals surface area contributed by atoms with Crippen LogP contribution in [0.2, 0.25) is 5.02 Å². The monoisotopic (exact) mass is 327 g/mol. The number of hydrogen-bond acceptors (Lipinski definition) is 2. The Morgan fingerprint density at radius 3 is 2.83 bits per heavy atom. The number of halogens is 3. The molecule has 1 fully saturated rings. The molecular weight excluding hydrogens is 321 g/mol. The first-order valence-electron chi connectivity index (χ1n) is 5.55. The van der Waals surface area contributed by atoms with Gasteiger partial charge in [-0.3, -0.25) is 9.78 Å². The summed E-state index contributed by atoms with van der Waals surface area (Å²) < 4.78 is 13.7. The van der Waals surface area contributed by atoms with Gasteiger partial charge in [-0.1, -0.05) is 11.6 Å². The Bertz CT molecular complexity index is 670. The van der Waals surface area contributed by atoms with Gasteiger partial charge in [0.2, 0.25) is 0 Å². The van der Waals surface area contributed by atoms with Gasteiger partial charge >= 0.3 is 0 Å². The van der Waals surface area contributed by atoms with Crippen molar-refractivity contribution in [1.82, 2.24) is 4.98 Å². The highest BCUT2D eigenvalue weighted by Gasteiger charge is 2.32. The van der Waals surface area contributed by atoms with Crippen molar-refractivity contribution < 1.29 is 9.18 Å². The molecule has 1 heterocycles. The molecule has 2 nitrogen and oxygen atoms in total. The number of aromatic nitrogens is 1. The maximum Gasteiger partial charge on any atom is 0.169 e. The fourth-order valence-electron chi connectivity index (χ4n) is 1.89. The second-order valence-electron chi connectivity index (χ2n) is 4.41. The number of carbonyl (C=O) groups is 1. The average molecular weight is 329 g/mol. The van der Waals surface area contributed by atoms with Crippen LogP contribution in [0, 0.1) is 11.7 Å². The number of Topliss-reactive ketones (excluding diaryl/α,β-unsaturated/α-hetero) is 1. The standard InChI is InChI=1S/C13H8BrClFNO/c14-9-3-7-11(4-10(9)16)17-5-8(12(7)15)13(18)6-1-2-6/h3-6H,1-2H2. The number of benzene rings is 1. The zero-order chi connectivity index (χ0) is 12.9. The second-order valence-corrected chi connectivity index (χ2v) is 5.64. The topological polar surface area (TPSA) is 30.0 Å². The molecule has 0 radical (unpaired) electrons. The van der Waals surface area contributed by atoms with E-state index in [0.29, 0.717) is 26.0 Å². The van der Waals surface area contributed by atoms with Crippen LogP contribution >= 0.6 is 27.5 Å². The fraction of sp³-hybridized carbons (Fsp3) is 0.231. The van der Waals surface area contributed by atoms with E-state index >= 15 is 0 Å². The summed E-state index contributed by atoms with van der Waals surface area (Å²) in [7, 11) is 0. The Morgan fingerprint density at radius 1 is 1.44 bits per heavy atom. The normalized spacial score (nSPS) is 15.1. The van der Waals surface area contributed by atoms with Crippen LogP contribution in [0.15, 0.2) is 22.8 Å². The summed E-state index contributed by atoms with van der Waals surface area (Å²) in [5, 5.41) is 0.953. The quantitative estimate of drug-likeness (QED) is 0.766. The molecule has 0 N–H and O–H groups in total. The minimum atomic E-state index is -0.396. The Morgan fingerprint density at radius 2 is 2.17 bits per heavy atom. The molecule has 1 aliphatic carbocycles. The molecule has 2 aromatic rings. The zero-order valence-corrected chi connectivity index (χ0v) is 11.6. The average Bonchev–Trinajstić information content (AvgIpc) is 3.16. The van der Waals surface area contributed by atoms with Gasteiger partial charge in [0.05, 0.1) is 20.6 Å². The molecular formula is C13H8BrClFNO. The van der Waals surface area contributed by atoms with Gasteiger partial charge in [-0.25, -0.2) is 4.39 Å². The molecule has 1 aromatic heterocycles. The van der Waals surface area contributed by atoms with Gasteiger partial charge < -0.3 is 0 Å². The maximum atomic E-state index is 13.4. The second kappa shape index (κ2) is 4.28. The van der Waals surface area contributed by atoms with Crippen molar-refractivity contribution in [3.8, 4) is 0 Å². The molecule has 1 aromatic carbocycles. The van der Waals surface area contributed by atoms with E-state index in [1.807, 2.05) is 0 Å². The lowest BCUT2D eigenvalue weighted by atomic mass is 10.1. The maximum absolute atomic E-state index is 13.4. The first-order chi connectivity index (χ1) is 8.58. The summed E-state index contributed by atoms with van der Waals surface area (Å²) in [6.07, 6.45) is 3.28. The predicted molar refractivity (Wildman–Crippen MR) is 71.5 cm³/mol. The lowest BCUT2D eigenvalue weighted by Crippen LogP contribution is -2.03. The third-order valence-electron chi connectivity index (χ3n) is 3.06. The molecule has 92 valence electrons. The molecule has 0 saturated heterocycles. The highest BCUT2D eigenvalue weighted by atomic mass is 79.9. The largest absolute Gasteiger partial charge is 0.294 e. The fourth-order valence-corrected chi connectivity index (χ4v) is 2.53. The van der Waals surface area contributed by atoms with Crippen molar-refractivity contribution in [3.05, 3.63) is 39.2 Å². The first kappa shape index (κ1) is 12.1. The summed E-state index contributed by atoms with van der Waals surface area (Å²) in [5.74, 6) is -0.271. The van der Waals surface area contributed by atoms with Crippen molar-refractivity contribution >= 4 is 44.2 Å². The number of ketones is 1. The van der Waals surface area contributed by atoms with Crippen LogP contribution in [0.5, 0.6) is 0 Å². The van der Waals surface area contributed by atoms with Crippen LogP contribution < -0.4 is 0 Å². The highest BCUT2D eigenvalue weighted by molar-refractivity contribution is 9.10. The Kier molecular flexibility index (Phi) is 2.87. The van der Waals surface area contributed by atoms with E-state index in [0.717, 1.165) is 12.8 Å². The number of hydrogen-bond donors (Lipinski definition) is 0. The van der Waals surface area contributed by atoms with Crippen molar-refractivity contribution in [1.29, 1.82) is 0 Å². The summed E-state index contributed by atoms with van der Waals surface area (Å²) in [6.45, 7) is 0. The van der Waals surface area contributed by atoms with Gasteiger partial charge in [0.1, 0.15) is 5.82 Å². The zero-order valence-electron chi connectivity index (χ0n) is 9.21. The smallest absolute Gasteiger partial charge is 0.169 e. The van der Waals surface area contributed by atoms with E-state index in [-0.39, 0.29) is 11.7 Å². The first-order valence-corrected chi connectivity index (χ1v) is 6.72. The Balaban J connectivity index is 2.21. The molecule has 3 rings (SSSR count). The highest BCUT2D eigenvalue weighted by Crippen LogP contribution is 2.37. The van der Waals surface area contributed by atoms with E-state index in [1.54, 1.807) is 6.07 Å². The van der Waals surface area contributed by atoms with E-state index in [2.05, 4.69) is 20.9 Å². The number of carbonyl (C=O) groups excluding carboxylic acids is 1. The molecule has 1 saturated carbocycles. The molecule has 1 aliphatic rings. The Hall–Kier alpha value is -1.00. The summed E-state index contributed by atoms with van der Waals surface area (Å²) in [5.41, 5.74) is 0.887. The van der Waals surface area contributed by atoms with Gasteiger partial charge in [-0.05, 0) is 34.8 Å². The van der Waals surface area contributed by atoms with E-state index < -0.39 is 5.82 Å². The number of pyridine rings is 1. The van der Waals surface area contributed by atoms with Gasteiger partial charge in [0, 0.05) is 23.6 Å². The third-order valence-corrected chi connectivity index (χ3v) is 4.07. The van der Waals surface area contributed by atoms with Crippen LogP contribution in [0.3, 0.4) is 0 Å². The lowest BCUT2D eigenvalue weighted by molar-refractivity contribution is 0.0967. The summed E-state index contributed by atoms with van der Waals surface area (Å²) >= 11 is 9.34. The van der Waals surface area contributed by atoms with E-state index in [9.17, 15) is 9.18 Å². The van der Waals surface area contributed by atoms with Crippen molar-refractivity contribution in [2.24, 2.45) is 5.92 Å². The van der Waals surface area contributed by atoms with Crippen molar-refractivity contribution in [2.75, 3.05) is 0 Å². The van der Waals surface area contributed by atoms with Gasteiger partial charge in [0.25, 0.3) is 0 Å². The van der Waals surface area contributed by atoms with Crippen LogP contribution in [0.4, 0.5) is 4.39 Å². The van der Waals surface area contributed by atoms with E-state index in [1.165, 1.54) is 12.3 Å². The van der Waals surface area contributed by atoms with Crippen LogP contribution in [-0.2, 0) is 0 Å². The lowest BCUT2D eigenvalue weighted by Gasteiger charge is -2.06. The van der Waals surface area contributed by atoms with Crippen LogP contribution in [-0.4, -0.2) is 10.8 Å². The number of nitrogens with zero attached hydrogens (tertiary/aromatic N) is 1. The molecule has 18 heavy (non-hydrogen) atoms. The molecule has 0 aliphatic heterocycles. The molecule has 0 atom stereocenters. The van der Waals surface area contributed by atoms with Crippen LogP contribution in [0.25, 0.3) is 10.9 Å². The van der Waals surface area contributed by atoms with Crippen molar-refractivity contribution in [3.63, 3.8) is 0 Å². The summed E-state index contributed by atoms with van der Waals surface area (Å²) in [4.78, 5) is 16.1.